The van der Waals surface area contributed by atoms with Crippen molar-refractivity contribution in [3.63, 3.8) is 0 Å². The molecule has 0 saturated carbocycles. The Bertz CT molecular complexity index is 1260. The summed E-state index contributed by atoms with van der Waals surface area (Å²) in [5.41, 5.74) is 1.15. The number of benzene rings is 2. The van der Waals surface area contributed by atoms with Crippen molar-refractivity contribution in [2.75, 3.05) is 11.5 Å². The predicted octanol–water partition coefficient (Wildman–Crippen LogP) is 4.87. The van der Waals surface area contributed by atoms with E-state index >= 15 is 0 Å². The van der Waals surface area contributed by atoms with E-state index in [1.54, 1.807) is 67.6 Å². The molecule has 3 aromatic rings. The molecule has 1 fully saturated rings. The van der Waals surface area contributed by atoms with Gasteiger partial charge in [0.2, 0.25) is 0 Å². The van der Waals surface area contributed by atoms with Crippen LogP contribution in [0.3, 0.4) is 0 Å². The van der Waals surface area contributed by atoms with Gasteiger partial charge in [-0.1, -0.05) is 6.92 Å². The van der Waals surface area contributed by atoms with Gasteiger partial charge < -0.3 is 14.3 Å². The van der Waals surface area contributed by atoms with Crippen LogP contribution in [0.25, 0.3) is 5.76 Å². The largest absolute Gasteiger partial charge is 0.507 e. The minimum atomic E-state index is -0.956. The van der Waals surface area contributed by atoms with Gasteiger partial charge in [0.25, 0.3) is 11.7 Å². The molecule has 0 radical (unpaired) electrons. The van der Waals surface area contributed by atoms with Gasteiger partial charge in [-0.3, -0.25) is 14.5 Å². The van der Waals surface area contributed by atoms with E-state index in [2.05, 4.69) is 0 Å². The number of anilines is 1. The van der Waals surface area contributed by atoms with Gasteiger partial charge in [0, 0.05) is 11.3 Å². The molecule has 1 unspecified atom stereocenters. The Kier molecular flexibility index (Phi) is 6.01. The number of nitrogens with zero attached hydrogens (tertiary/aromatic N) is 2. The van der Waals surface area contributed by atoms with Crippen LogP contribution >= 0.6 is 0 Å². The van der Waals surface area contributed by atoms with E-state index in [-0.39, 0.29) is 11.3 Å². The Morgan fingerprint density at radius 2 is 1.79 bits per heavy atom. The van der Waals surface area contributed by atoms with Gasteiger partial charge in [-0.05, 0) is 74.0 Å². The zero-order chi connectivity index (χ0) is 23.5. The molecule has 1 amide bonds. The molecule has 1 N–H and O–H groups in total. The number of rotatable bonds is 6. The zero-order valence-corrected chi connectivity index (χ0v) is 18.2. The highest BCUT2D eigenvalue weighted by Crippen LogP contribution is 2.42. The maximum atomic E-state index is 13.1. The topological polar surface area (TPSA) is 104 Å². The van der Waals surface area contributed by atoms with E-state index in [1.165, 1.54) is 4.90 Å². The van der Waals surface area contributed by atoms with Gasteiger partial charge in [-0.15, -0.1) is 0 Å². The standard InChI is InChI=1S/C26H22N2O5/c1-3-14-32-20-11-7-18(8-12-20)24(29)22-23(21-13-4-16(2)33-21)28(26(31)25(22)30)19-9-5-17(15-27)6-10-19/h4-13,23,29H,3,14H2,1-2H3/b24-22-. The molecule has 2 aromatic carbocycles. The average molecular weight is 442 g/mol. The van der Waals surface area contributed by atoms with E-state index in [4.69, 9.17) is 14.4 Å². The summed E-state index contributed by atoms with van der Waals surface area (Å²) in [6.07, 6.45) is 0.864. The molecule has 1 aliphatic heterocycles. The highest BCUT2D eigenvalue weighted by molar-refractivity contribution is 6.51. The van der Waals surface area contributed by atoms with Crippen molar-refractivity contribution in [3.8, 4) is 11.8 Å². The number of hydrogen-bond acceptors (Lipinski definition) is 6. The number of amides is 1. The first-order valence-corrected chi connectivity index (χ1v) is 10.5. The predicted molar refractivity (Wildman–Crippen MR) is 122 cm³/mol. The molecule has 1 saturated heterocycles. The van der Waals surface area contributed by atoms with Gasteiger partial charge in [0.05, 0.1) is 23.8 Å². The quantitative estimate of drug-likeness (QED) is 0.332. The second-order valence-corrected chi connectivity index (χ2v) is 7.65. The van der Waals surface area contributed by atoms with Crippen molar-refractivity contribution >= 4 is 23.1 Å². The average Bonchev–Trinajstić information content (AvgIpc) is 3.38. The first-order chi connectivity index (χ1) is 15.9. The second-order valence-electron chi connectivity index (χ2n) is 7.65. The fourth-order valence-electron chi connectivity index (χ4n) is 3.75. The summed E-state index contributed by atoms with van der Waals surface area (Å²) >= 11 is 0. The summed E-state index contributed by atoms with van der Waals surface area (Å²) in [6, 6.07) is 17.5. The Labute approximate surface area is 191 Å². The maximum absolute atomic E-state index is 13.1. The number of furan rings is 1. The Morgan fingerprint density at radius 1 is 1.09 bits per heavy atom. The summed E-state index contributed by atoms with van der Waals surface area (Å²) in [5.74, 6) is -0.311. The van der Waals surface area contributed by atoms with Crippen molar-refractivity contribution in [2.45, 2.75) is 26.3 Å². The number of aliphatic hydroxyl groups excluding tert-OH is 1. The molecule has 7 heteroatoms. The first kappa shape index (κ1) is 21.9. The molecule has 166 valence electrons. The number of carbonyl (C=O) groups is 2. The van der Waals surface area contributed by atoms with E-state index in [0.29, 0.717) is 40.7 Å². The molecule has 33 heavy (non-hydrogen) atoms. The van der Waals surface area contributed by atoms with Crippen molar-refractivity contribution in [2.24, 2.45) is 0 Å². The van der Waals surface area contributed by atoms with Crippen LogP contribution in [-0.2, 0) is 9.59 Å². The highest BCUT2D eigenvalue weighted by Gasteiger charge is 2.48. The lowest BCUT2D eigenvalue weighted by Gasteiger charge is -2.23. The lowest BCUT2D eigenvalue weighted by molar-refractivity contribution is -0.132. The number of nitriles is 1. The van der Waals surface area contributed by atoms with Gasteiger partial charge in [-0.2, -0.15) is 5.26 Å². The van der Waals surface area contributed by atoms with Crippen LogP contribution in [0.5, 0.6) is 5.75 Å². The number of aliphatic hydroxyl groups is 1. The number of hydrogen-bond donors (Lipinski definition) is 1. The molecule has 1 aliphatic rings. The minimum absolute atomic E-state index is 0.0686. The normalized spacial score (nSPS) is 17.2. The van der Waals surface area contributed by atoms with Crippen molar-refractivity contribution in [1.82, 2.24) is 0 Å². The van der Waals surface area contributed by atoms with E-state index in [0.717, 1.165) is 6.42 Å². The number of ether oxygens (including phenoxy) is 1. The number of aryl methyl sites for hydroxylation is 1. The first-order valence-electron chi connectivity index (χ1n) is 10.5. The minimum Gasteiger partial charge on any atom is -0.507 e. The molecular weight excluding hydrogens is 420 g/mol. The molecule has 0 aliphatic carbocycles. The van der Waals surface area contributed by atoms with Gasteiger partial charge in [0.1, 0.15) is 29.1 Å². The molecule has 7 nitrogen and oxygen atoms in total. The van der Waals surface area contributed by atoms with Crippen LogP contribution in [-0.4, -0.2) is 23.4 Å². The van der Waals surface area contributed by atoms with Crippen LogP contribution in [0.15, 0.2) is 70.7 Å². The van der Waals surface area contributed by atoms with Crippen molar-refractivity contribution in [3.05, 3.63) is 88.9 Å². The lowest BCUT2D eigenvalue weighted by atomic mass is 9.99. The van der Waals surface area contributed by atoms with Crippen LogP contribution < -0.4 is 9.64 Å². The Morgan fingerprint density at radius 3 is 2.36 bits per heavy atom. The molecule has 1 aromatic heterocycles. The molecule has 0 spiro atoms. The Hall–Kier alpha value is -4.31. The van der Waals surface area contributed by atoms with Crippen LogP contribution in [0.2, 0.25) is 0 Å². The fourth-order valence-corrected chi connectivity index (χ4v) is 3.75. The third kappa shape index (κ3) is 4.11. The van der Waals surface area contributed by atoms with Gasteiger partial charge in [0.15, 0.2) is 0 Å². The van der Waals surface area contributed by atoms with Crippen molar-refractivity contribution < 1.29 is 23.8 Å². The molecular formula is C26H22N2O5. The van der Waals surface area contributed by atoms with Crippen LogP contribution in [0.1, 0.15) is 42.0 Å². The van der Waals surface area contributed by atoms with Crippen LogP contribution in [0, 0.1) is 18.3 Å². The summed E-state index contributed by atoms with van der Waals surface area (Å²) in [5, 5.41) is 20.2. The molecule has 4 rings (SSSR count). The monoisotopic (exact) mass is 442 g/mol. The third-order valence-electron chi connectivity index (χ3n) is 5.35. The summed E-state index contributed by atoms with van der Waals surface area (Å²) in [7, 11) is 0. The summed E-state index contributed by atoms with van der Waals surface area (Å²) in [4.78, 5) is 27.5. The van der Waals surface area contributed by atoms with Crippen molar-refractivity contribution in [1.29, 1.82) is 5.26 Å². The fraction of sp³-hybridized carbons (Fsp3) is 0.192. The number of Topliss-reactive ketones (excluding diaryl/α,β-unsaturated/α-hetero) is 1. The third-order valence-corrected chi connectivity index (χ3v) is 5.35. The Balaban J connectivity index is 1.82. The van der Waals surface area contributed by atoms with Crippen LogP contribution in [0.4, 0.5) is 5.69 Å². The zero-order valence-electron chi connectivity index (χ0n) is 18.2. The molecule has 0 bridgehead atoms. The van der Waals surface area contributed by atoms with E-state index in [1.807, 2.05) is 13.0 Å². The molecule has 2 heterocycles. The number of carbonyl (C=O) groups excluding carboxylic acids is 2. The summed E-state index contributed by atoms with van der Waals surface area (Å²) in [6.45, 7) is 4.33. The van der Waals surface area contributed by atoms with E-state index < -0.39 is 17.7 Å². The molecule has 1 atom stereocenters. The lowest BCUT2D eigenvalue weighted by Crippen LogP contribution is -2.29. The van der Waals surface area contributed by atoms with E-state index in [9.17, 15) is 14.7 Å². The smallest absolute Gasteiger partial charge is 0.300 e. The summed E-state index contributed by atoms with van der Waals surface area (Å²) < 4.78 is 11.4. The number of ketones is 1. The SMILES string of the molecule is CCCOc1ccc(/C(O)=C2/C(=O)C(=O)N(c3ccc(C#N)cc3)C2c2ccc(C)o2)cc1. The maximum Gasteiger partial charge on any atom is 0.300 e. The van der Waals surface area contributed by atoms with Gasteiger partial charge >= 0.3 is 0 Å². The highest BCUT2D eigenvalue weighted by atomic mass is 16.5. The van der Waals surface area contributed by atoms with Gasteiger partial charge in [-0.25, -0.2) is 0 Å². The second kappa shape index (κ2) is 9.05.